The molecule has 5 rings (SSSR count). The van der Waals surface area contributed by atoms with Gasteiger partial charge < -0.3 is 5.32 Å². The summed E-state index contributed by atoms with van der Waals surface area (Å²) >= 11 is 0. The molecule has 0 aliphatic carbocycles. The molecule has 0 radical (unpaired) electrons. The topological polar surface area (TPSA) is 103 Å². The van der Waals surface area contributed by atoms with Crippen molar-refractivity contribution in [3.63, 3.8) is 0 Å². The molecule has 1 unspecified atom stereocenters. The second-order valence-electron chi connectivity index (χ2n) is 7.90. The van der Waals surface area contributed by atoms with Crippen LogP contribution >= 0.6 is 0 Å². The molecule has 0 bridgehead atoms. The molecular weight excluding hydrogens is 416 g/mol. The summed E-state index contributed by atoms with van der Waals surface area (Å²) in [6, 6.07) is 16.1. The van der Waals surface area contributed by atoms with Crippen LogP contribution in [-0.2, 0) is 6.54 Å². The Bertz CT molecular complexity index is 1340. The van der Waals surface area contributed by atoms with Crippen LogP contribution in [0.2, 0.25) is 0 Å². The van der Waals surface area contributed by atoms with Crippen molar-refractivity contribution < 1.29 is 4.79 Å². The number of fused-ring (bicyclic) bond motifs is 1. The minimum atomic E-state index is -0.398. The number of hydrogen-bond donors (Lipinski definition) is 1. The Hall–Kier alpha value is -4.20. The largest absolute Gasteiger partial charge is 0.341 e. The molecule has 8 heteroatoms. The lowest BCUT2D eigenvalue weighted by Crippen LogP contribution is -2.34. The summed E-state index contributed by atoms with van der Waals surface area (Å²) in [5.74, 6) is 0.245. The van der Waals surface area contributed by atoms with Crippen LogP contribution in [0.3, 0.4) is 0 Å². The summed E-state index contributed by atoms with van der Waals surface area (Å²) in [4.78, 5) is 43.3. The van der Waals surface area contributed by atoms with E-state index < -0.39 is 6.04 Å². The number of nitrogens with one attached hydrogen (secondary N) is 1. The molecule has 1 atom stereocenters. The number of benzene rings is 1. The van der Waals surface area contributed by atoms with Crippen molar-refractivity contribution in [2.75, 3.05) is 0 Å². The van der Waals surface area contributed by atoms with Gasteiger partial charge >= 0.3 is 0 Å². The number of hydrogen-bond acceptors (Lipinski definition) is 6. The summed E-state index contributed by atoms with van der Waals surface area (Å²) < 4.78 is 1.66. The first-order valence-corrected chi connectivity index (χ1v) is 10.9. The maximum Gasteiger partial charge on any atom is 0.270 e. The lowest BCUT2D eigenvalue weighted by Gasteiger charge is -2.19. The second kappa shape index (κ2) is 9.12. The molecule has 1 aliphatic heterocycles. The molecule has 0 spiro atoms. The molecule has 3 aromatic heterocycles. The van der Waals surface area contributed by atoms with Crippen molar-refractivity contribution in [2.24, 2.45) is 0 Å². The van der Waals surface area contributed by atoms with Crippen LogP contribution in [0, 0.1) is 0 Å². The maximum absolute atomic E-state index is 13.1. The van der Waals surface area contributed by atoms with Crippen LogP contribution in [-0.4, -0.2) is 30.4 Å². The highest BCUT2D eigenvalue weighted by Crippen LogP contribution is 2.25. The van der Waals surface area contributed by atoms with Gasteiger partial charge in [0.15, 0.2) is 0 Å². The maximum atomic E-state index is 13.1. The lowest BCUT2D eigenvalue weighted by molar-refractivity contribution is 0.0927. The summed E-state index contributed by atoms with van der Waals surface area (Å²) in [6.45, 7) is 0.579. The van der Waals surface area contributed by atoms with Crippen LogP contribution in [0.15, 0.2) is 78.1 Å². The fraction of sp³-hybridized carbons (Fsp3) is 0.200. The third kappa shape index (κ3) is 4.41. The first-order chi connectivity index (χ1) is 16.2. The highest BCUT2D eigenvalue weighted by atomic mass is 16.2. The number of carbonyl (C=O) groups excluding carboxylic acids is 1. The zero-order chi connectivity index (χ0) is 22.6. The van der Waals surface area contributed by atoms with Gasteiger partial charge in [-0.15, -0.1) is 0 Å². The standard InChI is InChI=1S/C25H22N6O2/c32-23-15-21(18-9-11-26-12-10-18)29-24-19(8-4-5-13-31(23)24)30-25(33)22-14-20(27-16-28-22)17-6-2-1-3-7-17/h1-3,6-7,9-12,14-16,19H,4-5,8,13H2,(H,30,33). The van der Waals surface area contributed by atoms with Crippen molar-refractivity contribution in [2.45, 2.75) is 31.8 Å². The molecule has 8 nitrogen and oxygen atoms in total. The molecule has 1 N–H and O–H groups in total. The Morgan fingerprint density at radius 3 is 2.55 bits per heavy atom. The van der Waals surface area contributed by atoms with Gasteiger partial charge in [0.25, 0.3) is 11.5 Å². The van der Waals surface area contributed by atoms with Crippen LogP contribution in [0.25, 0.3) is 22.5 Å². The Morgan fingerprint density at radius 1 is 0.939 bits per heavy atom. The van der Waals surface area contributed by atoms with Crippen molar-refractivity contribution in [1.29, 1.82) is 0 Å². The Morgan fingerprint density at radius 2 is 1.73 bits per heavy atom. The number of carbonyl (C=O) groups is 1. The Balaban J connectivity index is 1.47. The molecule has 164 valence electrons. The van der Waals surface area contributed by atoms with E-state index in [0.29, 0.717) is 30.2 Å². The van der Waals surface area contributed by atoms with E-state index in [1.165, 1.54) is 6.33 Å². The fourth-order valence-electron chi connectivity index (χ4n) is 4.05. The van der Waals surface area contributed by atoms with Crippen molar-refractivity contribution in [3.8, 4) is 22.5 Å². The summed E-state index contributed by atoms with van der Waals surface area (Å²) in [7, 11) is 0. The van der Waals surface area contributed by atoms with Crippen LogP contribution in [0.1, 0.15) is 41.6 Å². The van der Waals surface area contributed by atoms with Crippen LogP contribution in [0.4, 0.5) is 0 Å². The minimum absolute atomic E-state index is 0.124. The SMILES string of the molecule is O=C(NC1CCCCn2c1nc(-c1ccncc1)cc2=O)c1cc(-c2ccccc2)ncn1. The molecule has 4 heterocycles. The third-order valence-corrected chi connectivity index (χ3v) is 5.72. The first kappa shape index (κ1) is 20.7. The minimum Gasteiger partial charge on any atom is -0.341 e. The highest BCUT2D eigenvalue weighted by molar-refractivity contribution is 5.93. The van der Waals surface area contributed by atoms with E-state index in [2.05, 4.69) is 20.3 Å². The molecule has 1 aromatic carbocycles. The van der Waals surface area contributed by atoms with E-state index in [-0.39, 0.29) is 17.2 Å². The van der Waals surface area contributed by atoms with Gasteiger partial charge in [-0.2, -0.15) is 0 Å². The van der Waals surface area contributed by atoms with Gasteiger partial charge in [0.2, 0.25) is 0 Å². The van der Waals surface area contributed by atoms with Gasteiger partial charge in [0, 0.05) is 36.1 Å². The molecule has 1 aliphatic rings. The van der Waals surface area contributed by atoms with Crippen molar-refractivity contribution >= 4 is 5.91 Å². The van der Waals surface area contributed by atoms with E-state index in [1.807, 2.05) is 42.5 Å². The Labute approximate surface area is 190 Å². The average Bonchev–Trinajstić information content (AvgIpc) is 3.08. The van der Waals surface area contributed by atoms with Gasteiger partial charge in [-0.05, 0) is 37.5 Å². The number of aromatic nitrogens is 5. The van der Waals surface area contributed by atoms with Gasteiger partial charge in [-0.3, -0.25) is 19.1 Å². The normalized spacial score (nSPS) is 15.3. The molecule has 0 saturated carbocycles. The van der Waals surface area contributed by atoms with E-state index in [4.69, 9.17) is 4.98 Å². The quantitative estimate of drug-likeness (QED) is 0.524. The predicted octanol–water partition coefficient (Wildman–Crippen LogP) is 3.42. The first-order valence-electron chi connectivity index (χ1n) is 10.9. The molecular formula is C25H22N6O2. The smallest absolute Gasteiger partial charge is 0.270 e. The number of pyridine rings is 1. The van der Waals surface area contributed by atoms with Gasteiger partial charge in [-0.1, -0.05) is 30.3 Å². The zero-order valence-corrected chi connectivity index (χ0v) is 17.9. The van der Waals surface area contributed by atoms with Gasteiger partial charge in [0.05, 0.1) is 17.4 Å². The average molecular weight is 438 g/mol. The lowest BCUT2D eigenvalue weighted by atomic mass is 10.1. The molecule has 4 aromatic rings. The third-order valence-electron chi connectivity index (χ3n) is 5.72. The highest BCUT2D eigenvalue weighted by Gasteiger charge is 2.25. The molecule has 1 amide bonds. The second-order valence-corrected chi connectivity index (χ2v) is 7.90. The molecule has 0 fully saturated rings. The van der Waals surface area contributed by atoms with E-state index in [1.54, 1.807) is 29.1 Å². The number of rotatable bonds is 4. The van der Waals surface area contributed by atoms with Crippen molar-refractivity contribution in [1.82, 2.24) is 29.8 Å². The predicted molar refractivity (Wildman–Crippen MR) is 123 cm³/mol. The summed E-state index contributed by atoms with van der Waals surface area (Å²) in [5.41, 5.74) is 3.11. The van der Waals surface area contributed by atoms with E-state index in [9.17, 15) is 9.59 Å². The zero-order valence-electron chi connectivity index (χ0n) is 17.9. The summed E-state index contributed by atoms with van der Waals surface area (Å²) in [6.07, 6.45) is 7.13. The summed E-state index contributed by atoms with van der Waals surface area (Å²) in [5, 5.41) is 3.05. The van der Waals surface area contributed by atoms with E-state index >= 15 is 0 Å². The number of amides is 1. The molecule has 33 heavy (non-hydrogen) atoms. The van der Waals surface area contributed by atoms with Crippen LogP contribution in [0.5, 0.6) is 0 Å². The van der Waals surface area contributed by atoms with Crippen molar-refractivity contribution in [3.05, 3.63) is 95.2 Å². The van der Waals surface area contributed by atoms with Gasteiger partial charge in [0.1, 0.15) is 17.8 Å². The van der Waals surface area contributed by atoms with E-state index in [0.717, 1.165) is 24.0 Å². The van der Waals surface area contributed by atoms with Crippen LogP contribution < -0.4 is 10.9 Å². The monoisotopic (exact) mass is 438 g/mol. The number of nitrogens with zero attached hydrogens (tertiary/aromatic N) is 5. The van der Waals surface area contributed by atoms with Gasteiger partial charge in [-0.25, -0.2) is 15.0 Å². The fourth-order valence-corrected chi connectivity index (χ4v) is 4.05. The Kier molecular flexibility index (Phi) is 5.72. The molecule has 0 saturated heterocycles.